The van der Waals surface area contributed by atoms with Crippen LogP contribution < -0.4 is 10.6 Å². The first-order valence-electron chi connectivity index (χ1n) is 7.17. The number of aliphatic hydroxyl groups excluding tert-OH is 1. The van der Waals surface area contributed by atoms with Gasteiger partial charge in [-0.05, 0) is 41.3 Å². The van der Waals surface area contributed by atoms with E-state index in [1.807, 2.05) is 35.7 Å². The monoisotopic (exact) mass is 336 g/mol. The number of urea groups is 1. The van der Waals surface area contributed by atoms with Gasteiger partial charge in [0.15, 0.2) is 0 Å². The number of rotatable bonds is 8. The molecule has 0 spiro atoms. The summed E-state index contributed by atoms with van der Waals surface area (Å²) in [7, 11) is 0. The molecule has 0 saturated heterocycles. The molecule has 3 N–H and O–H groups in total. The molecule has 4 nitrogen and oxygen atoms in total. The van der Waals surface area contributed by atoms with E-state index < -0.39 is 0 Å². The summed E-state index contributed by atoms with van der Waals surface area (Å²) in [5.41, 5.74) is 1.89. The lowest BCUT2D eigenvalue weighted by Gasteiger charge is -2.08. The molecule has 2 amide bonds. The van der Waals surface area contributed by atoms with Crippen molar-refractivity contribution in [1.82, 2.24) is 5.32 Å². The maximum absolute atomic E-state index is 11.8. The molecule has 22 heavy (non-hydrogen) atoms. The van der Waals surface area contributed by atoms with Gasteiger partial charge in [-0.15, -0.1) is 11.3 Å². The number of benzene rings is 1. The van der Waals surface area contributed by atoms with E-state index in [2.05, 4.69) is 16.7 Å². The number of amides is 2. The lowest BCUT2D eigenvalue weighted by atomic mass is 10.1. The fourth-order valence-electron chi connectivity index (χ4n) is 1.87. The number of carbonyl (C=O) groups is 1. The van der Waals surface area contributed by atoms with Crippen LogP contribution in [0.2, 0.25) is 0 Å². The molecule has 2 aromatic rings. The second kappa shape index (κ2) is 9.50. The van der Waals surface area contributed by atoms with Crippen molar-refractivity contribution in [3.8, 4) is 10.4 Å². The van der Waals surface area contributed by atoms with E-state index in [0.717, 1.165) is 29.2 Å². The Kier molecular flexibility index (Phi) is 7.28. The first-order valence-corrected chi connectivity index (χ1v) is 9.20. The smallest absolute Gasteiger partial charge is 0.319 e. The van der Waals surface area contributed by atoms with Crippen LogP contribution in [0.4, 0.5) is 10.5 Å². The third-order valence-corrected chi connectivity index (χ3v) is 4.89. The Morgan fingerprint density at radius 1 is 1.23 bits per heavy atom. The number of hydrogen-bond acceptors (Lipinski definition) is 4. The maximum atomic E-state index is 11.8. The normalized spacial score (nSPS) is 10.4. The van der Waals surface area contributed by atoms with Gasteiger partial charge >= 0.3 is 6.03 Å². The predicted molar refractivity (Wildman–Crippen MR) is 95.8 cm³/mol. The lowest BCUT2D eigenvalue weighted by molar-refractivity contribution is 0.252. The average molecular weight is 336 g/mol. The molecule has 1 aromatic heterocycles. The highest BCUT2D eigenvalue weighted by atomic mass is 32.2. The van der Waals surface area contributed by atoms with E-state index in [9.17, 15) is 4.79 Å². The van der Waals surface area contributed by atoms with Gasteiger partial charge in [0.05, 0.1) is 0 Å². The fraction of sp³-hybridized carbons (Fsp3) is 0.312. The van der Waals surface area contributed by atoms with Crippen molar-refractivity contribution in [2.75, 3.05) is 30.0 Å². The highest BCUT2D eigenvalue weighted by Crippen LogP contribution is 2.26. The summed E-state index contributed by atoms with van der Waals surface area (Å²) in [5, 5.41) is 16.4. The molecule has 118 valence electrons. The summed E-state index contributed by atoms with van der Waals surface area (Å²) < 4.78 is 0. The van der Waals surface area contributed by atoms with E-state index in [4.69, 9.17) is 5.11 Å². The highest BCUT2D eigenvalue weighted by Gasteiger charge is 2.03. The summed E-state index contributed by atoms with van der Waals surface area (Å²) in [6.45, 7) is 0.841. The summed E-state index contributed by atoms with van der Waals surface area (Å²) in [6, 6.07) is 11.7. The van der Waals surface area contributed by atoms with E-state index >= 15 is 0 Å². The Morgan fingerprint density at radius 3 is 2.91 bits per heavy atom. The molecule has 0 atom stereocenters. The highest BCUT2D eigenvalue weighted by molar-refractivity contribution is 7.99. The van der Waals surface area contributed by atoms with Crippen LogP contribution in [0.1, 0.15) is 6.42 Å². The third-order valence-electron chi connectivity index (χ3n) is 2.90. The van der Waals surface area contributed by atoms with Crippen LogP contribution in [0, 0.1) is 0 Å². The summed E-state index contributed by atoms with van der Waals surface area (Å²) >= 11 is 3.40. The number of aliphatic hydroxyl groups is 1. The first kappa shape index (κ1) is 16.9. The van der Waals surface area contributed by atoms with Gasteiger partial charge in [0.2, 0.25) is 0 Å². The van der Waals surface area contributed by atoms with Crippen molar-refractivity contribution in [2.45, 2.75) is 6.42 Å². The molecule has 6 heteroatoms. The van der Waals surface area contributed by atoms with E-state index in [1.54, 1.807) is 23.1 Å². The minimum atomic E-state index is -0.189. The SMILES string of the molecule is O=C(NCCSCCCO)Nc1cccc(-c2cccs2)c1. The zero-order chi connectivity index (χ0) is 15.6. The van der Waals surface area contributed by atoms with Crippen molar-refractivity contribution in [2.24, 2.45) is 0 Å². The van der Waals surface area contributed by atoms with Crippen LogP contribution in [0.5, 0.6) is 0 Å². The second-order valence-corrected chi connectivity index (χ2v) is 6.80. The molecular formula is C16H20N2O2S2. The average Bonchev–Trinajstić information content (AvgIpc) is 3.05. The fourth-order valence-corrected chi connectivity index (χ4v) is 3.38. The van der Waals surface area contributed by atoms with Crippen LogP contribution >= 0.6 is 23.1 Å². The number of nitrogens with one attached hydrogen (secondary N) is 2. The van der Waals surface area contributed by atoms with Crippen LogP contribution in [-0.2, 0) is 0 Å². The molecule has 0 aliphatic heterocycles. The molecule has 0 fully saturated rings. The van der Waals surface area contributed by atoms with Gasteiger partial charge in [0.1, 0.15) is 0 Å². The molecule has 1 heterocycles. The molecule has 0 radical (unpaired) electrons. The Balaban J connectivity index is 1.76. The van der Waals surface area contributed by atoms with E-state index in [-0.39, 0.29) is 12.6 Å². The molecule has 0 bridgehead atoms. The molecule has 0 aliphatic rings. The van der Waals surface area contributed by atoms with Crippen molar-refractivity contribution in [3.05, 3.63) is 41.8 Å². The third kappa shape index (κ3) is 5.71. The Hall–Kier alpha value is -1.50. The summed E-state index contributed by atoms with van der Waals surface area (Å²) in [5.74, 6) is 1.77. The lowest BCUT2D eigenvalue weighted by Crippen LogP contribution is -2.30. The molecule has 0 saturated carbocycles. The van der Waals surface area contributed by atoms with Gasteiger partial charge in [0, 0.05) is 29.5 Å². The van der Waals surface area contributed by atoms with Gasteiger partial charge in [-0.3, -0.25) is 0 Å². The van der Waals surface area contributed by atoms with Crippen molar-refractivity contribution in [3.63, 3.8) is 0 Å². The zero-order valence-corrected chi connectivity index (χ0v) is 13.9. The largest absolute Gasteiger partial charge is 0.396 e. The molecule has 2 rings (SSSR count). The number of thiophene rings is 1. The summed E-state index contributed by atoms with van der Waals surface area (Å²) in [6.07, 6.45) is 0.798. The van der Waals surface area contributed by atoms with Gasteiger partial charge in [-0.25, -0.2) is 4.79 Å². The van der Waals surface area contributed by atoms with E-state index in [1.165, 1.54) is 4.88 Å². The second-order valence-electron chi connectivity index (χ2n) is 4.63. The minimum Gasteiger partial charge on any atom is -0.396 e. The predicted octanol–water partition coefficient (Wildman–Crippen LogP) is 3.65. The molecule has 1 aromatic carbocycles. The number of carbonyl (C=O) groups excluding carboxylic acids is 1. The van der Waals surface area contributed by atoms with Gasteiger partial charge in [-0.2, -0.15) is 11.8 Å². The van der Waals surface area contributed by atoms with Gasteiger partial charge in [-0.1, -0.05) is 18.2 Å². The van der Waals surface area contributed by atoms with Crippen molar-refractivity contribution < 1.29 is 9.90 Å². The standard InChI is InChI=1S/C16H20N2O2S2/c19-8-3-9-21-11-7-17-16(20)18-14-5-1-4-13(12-14)15-6-2-10-22-15/h1-2,4-6,10,12,19H,3,7-9,11H2,(H2,17,18,20). The van der Waals surface area contributed by atoms with Crippen molar-refractivity contribution >= 4 is 34.8 Å². The Bertz CT molecular complexity index is 573. The maximum Gasteiger partial charge on any atom is 0.319 e. The Labute approximate surface area is 138 Å². The number of hydrogen-bond donors (Lipinski definition) is 3. The van der Waals surface area contributed by atoms with Crippen LogP contribution in [0.3, 0.4) is 0 Å². The molecule has 0 unspecified atom stereocenters. The number of anilines is 1. The molecule has 0 aliphatic carbocycles. The molecular weight excluding hydrogens is 316 g/mol. The number of thioether (sulfide) groups is 1. The van der Waals surface area contributed by atoms with E-state index in [0.29, 0.717) is 6.54 Å². The van der Waals surface area contributed by atoms with Gasteiger partial charge in [0.25, 0.3) is 0 Å². The first-order chi connectivity index (χ1) is 10.8. The Morgan fingerprint density at radius 2 is 2.14 bits per heavy atom. The topological polar surface area (TPSA) is 61.4 Å². The van der Waals surface area contributed by atoms with Crippen LogP contribution in [-0.4, -0.2) is 35.8 Å². The summed E-state index contributed by atoms with van der Waals surface area (Å²) in [4.78, 5) is 13.0. The zero-order valence-electron chi connectivity index (χ0n) is 12.2. The van der Waals surface area contributed by atoms with Crippen LogP contribution in [0.15, 0.2) is 41.8 Å². The van der Waals surface area contributed by atoms with Crippen molar-refractivity contribution in [1.29, 1.82) is 0 Å². The minimum absolute atomic E-state index is 0.189. The quantitative estimate of drug-likeness (QED) is 0.645. The van der Waals surface area contributed by atoms with Gasteiger partial charge < -0.3 is 15.7 Å². The van der Waals surface area contributed by atoms with Crippen LogP contribution in [0.25, 0.3) is 10.4 Å².